The maximum Gasteiger partial charge on any atom is 1.00 e. The van der Waals surface area contributed by atoms with Crippen molar-refractivity contribution in [3.63, 3.8) is 0 Å². The number of hydrogen-bond donors (Lipinski definition) is 2. The normalized spacial score (nSPS) is 19.4. The summed E-state index contributed by atoms with van der Waals surface area (Å²) >= 11 is 13.4. The monoisotopic (exact) mass is 588 g/mol. The van der Waals surface area contributed by atoms with Crippen molar-refractivity contribution in [2.24, 2.45) is 11.8 Å². The summed E-state index contributed by atoms with van der Waals surface area (Å²) in [7, 11) is 0. The fourth-order valence-corrected chi connectivity index (χ4v) is 6.59. The van der Waals surface area contributed by atoms with E-state index >= 15 is 0 Å². The average Bonchev–Trinajstić information content (AvgIpc) is 3.27. The van der Waals surface area contributed by atoms with Crippen molar-refractivity contribution in [1.29, 1.82) is 0 Å². The second-order valence-corrected chi connectivity index (χ2v) is 11.5. The summed E-state index contributed by atoms with van der Waals surface area (Å²) in [5.74, 6) is -0.942. The van der Waals surface area contributed by atoms with Gasteiger partial charge in [-0.2, -0.15) is 0 Å². The Labute approximate surface area is 261 Å². The molecule has 2 aromatic carbocycles. The molecule has 1 amide bonds. The van der Waals surface area contributed by atoms with Gasteiger partial charge in [0.2, 0.25) is 0 Å². The van der Waals surface area contributed by atoms with Gasteiger partial charge in [0, 0.05) is 43.1 Å². The van der Waals surface area contributed by atoms with Gasteiger partial charge >= 0.3 is 29.6 Å². The zero-order valence-corrected chi connectivity index (χ0v) is 25.7. The van der Waals surface area contributed by atoms with Crippen LogP contribution in [-0.2, 0) is 6.42 Å². The fraction of sp³-hybridized carbons (Fsp3) is 0.250. The van der Waals surface area contributed by atoms with Gasteiger partial charge in [0.1, 0.15) is 5.69 Å². The maximum atomic E-state index is 12.7. The Hall–Kier alpha value is -2.33. The van der Waals surface area contributed by atoms with Gasteiger partial charge in [0.25, 0.3) is 5.91 Å². The number of benzene rings is 2. The largest absolute Gasteiger partial charge is 1.00 e. The van der Waals surface area contributed by atoms with E-state index in [0.717, 1.165) is 28.0 Å². The number of carboxylic acid groups (broad SMARTS) is 1. The van der Waals surface area contributed by atoms with Crippen LogP contribution < -0.4 is 44.9 Å². The molecule has 39 heavy (non-hydrogen) atoms. The first kappa shape index (κ1) is 28.2. The molecule has 6 rings (SSSR count). The topological polar surface area (TPSA) is 101 Å². The number of halogens is 2. The SMILES string of the molecule is Cc1[nH]c(C(=O)N[C@@H]2[C@@H]3CN(c4nc(Cc5ccc(-c6ccccc6)cc5)c(C(=O)[O-])s4)C[C@@H]32)c(Cl)c1Cl.[Na+]. The summed E-state index contributed by atoms with van der Waals surface area (Å²) in [5.41, 5.74) is 4.65. The Morgan fingerprint density at radius 3 is 2.28 bits per heavy atom. The summed E-state index contributed by atoms with van der Waals surface area (Å²) in [6.45, 7) is 3.15. The fourth-order valence-electron chi connectivity index (χ4n) is 5.24. The minimum atomic E-state index is -1.21. The molecule has 11 heteroatoms. The number of piperidine rings is 1. The average molecular weight is 589 g/mol. The Morgan fingerprint density at radius 2 is 1.69 bits per heavy atom. The van der Waals surface area contributed by atoms with Crippen molar-refractivity contribution in [3.05, 3.63) is 92.2 Å². The van der Waals surface area contributed by atoms with Crippen molar-refractivity contribution in [1.82, 2.24) is 15.3 Å². The number of aromatic nitrogens is 2. The third-order valence-electron chi connectivity index (χ3n) is 7.35. The van der Waals surface area contributed by atoms with Gasteiger partial charge in [-0.1, -0.05) is 89.1 Å². The van der Waals surface area contributed by atoms with E-state index in [-0.39, 0.29) is 68.9 Å². The summed E-state index contributed by atoms with van der Waals surface area (Å²) in [6, 6.07) is 18.2. The molecule has 194 valence electrons. The number of aryl methyl sites for hydroxylation is 1. The number of rotatable bonds is 7. The molecular weight excluding hydrogens is 566 g/mol. The molecule has 2 aromatic heterocycles. The number of thiazole rings is 1. The number of aromatic carboxylic acids is 1. The molecule has 0 radical (unpaired) electrons. The van der Waals surface area contributed by atoms with E-state index in [1.54, 1.807) is 6.92 Å². The van der Waals surface area contributed by atoms with Gasteiger partial charge in [-0.05, 0) is 23.6 Å². The summed E-state index contributed by atoms with van der Waals surface area (Å²) in [4.78, 5) is 34.5. The van der Waals surface area contributed by atoms with Crippen LogP contribution in [0.3, 0.4) is 0 Å². The van der Waals surface area contributed by atoms with E-state index in [2.05, 4.69) is 27.3 Å². The molecule has 2 aliphatic rings. The van der Waals surface area contributed by atoms with E-state index in [1.165, 1.54) is 0 Å². The molecule has 1 aliphatic heterocycles. The Bertz CT molecular complexity index is 1530. The Balaban J connectivity index is 0.00000308. The van der Waals surface area contributed by atoms with Crippen molar-refractivity contribution < 1.29 is 44.3 Å². The molecule has 0 bridgehead atoms. The molecule has 2 N–H and O–H groups in total. The first-order valence-electron chi connectivity index (χ1n) is 12.2. The van der Waals surface area contributed by atoms with E-state index in [1.807, 2.05) is 42.5 Å². The van der Waals surface area contributed by atoms with Crippen LogP contribution in [0.25, 0.3) is 11.1 Å². The number of H-pyrrole nitrogens is 1. The van der Waals surface area contributed by atoms with Crippen LogP contribution in [0.5, 0.6) is 0 Å². The number of carboxylic acids is 1. The van der Waals surface area contributed by atoms with E-state index in [4.69, 9.17) is 28.2 Å². The number of aromatic amines is 1. The van der Waals surface area contributed by atoms with Crippen molar-refractivity contribution >= 4 is 51.5 Å². The molecule has 1 saturated heterocycles. The Kier molecular flexibility index (Phi) is 8.15. The van der Waals surface area contributed by atoms with Crippen LogP contribution in [0, 0.1) is 18.8 Å². The van der Waals surface area contributed by atoms with Crippen molar-refractivity contribution in [2.45, 2.75) is 19.4 Å². The molecule has 1 saturated carbocycles. The van der Waals surface area contributed by atoms with Crippen molar-refractivity contribution in [3.8, 4) is 11.1 Å². The zero-order chi connectivity index (χ0) is 26.6. The van der Waals surface area contributed by atoms with Gasteiger partial charge in [-0.15, -0.1) is 0 Å². The summed E-state index contributed by atoms with van der Waals surface area (Å²) < 4.78 is 0. The number of hydrogen-bond acceptors (Lipinski definition) is 6. The number of amides is 1. The predicted octanol–water partition coefficient (Wildman–Crippen LogP) is 1.58. The number of anilines is 1. The molecule has 0 unspecified atom stereocenters. The molecule has 3 heterocycles. The third kappa shape index (κ3) is 5.51. The molecule has 0 spiro atoms. The second kappa shape index (κ2) is 11.3. The Morgan fingerprint density at radius 1 is 1.05 bits per heavy atom. The molecule has 7 nitrogen and oxygen atoms in total. The smallest absolute Gasteiger partial charge is 0.544 e. The van der Waals surface area contributed by atoms with Gasteiger partial charge in [0.15, 0.2) is 5.13 Å². The molecule has 3 atom stereocenters. The number of nitrogens with one attached hydrogen (secondary N) is 2. The van der Waals surface area contributed by atoms with Gasteiger partial charge in [-0.3, -0.25) is 4.79 Å². The van der Waals surface area contributed by atoms with Crippen LogP contribution >= 0.6 is 34.5 Å². The van der Waals surface area contributed by atoms with E-state index in [0.29, 0.717) is 41.1 Å². The van der Waals surface area contributed by atoms with Gasteiger partial charge < -0.3 is 25.1 Å². The standard InChI is InChI=1S/C28H24Cl2N4O3S.Na/c1-14-21(29)22(30)24(31-14)26(35)33-23-18-12-34(13-19(18)23)28-32-20(25(38-28)27(36)37)11-15-7-9-17(10-8-15)16-5-3-2-4-6-16;/h2-10,18-19,23,31H,11-13H2,1H3,(H,33,35)(H,36,37);/q;+1/p-1/t18-,19+,23-;. The van der Waals surface area contributed by atoms with Gasteiger partial charge in [0.05, 0.1) is 26.6 Å². The maximum absolute atomic E-state index is 12.7. The van der Waals surface area contributed by atoms with Crippen molar-refractivity contribution in [2.75, 3.05) is 18.0 Å². The third-order valence-corrected chi connectivity index (χ3v) is 9.43. The summed E-state index contributed by atoms with van der Waals surface area (Å²) in [5, 5.41) is 16.2. The van der Waals surface area contributed by atoms with Crippen LogP contribution in [0.15, 0.2) is 54.6 Å². The first-order valence-corrected chi connectivity index (χ1v) is 13.8. The van der Waals surface area contributed by atoms with Crippen LogP contribution in [0.2, 0.25) is 10.0 Å². The van der Waals surface area contributed by atoms with E-state index < -0.39 is 5.97 Å². The van der Waals surface area contributed by atoms with Gasteiger partial charge in [-0.25, -0.2) is 4.98 Å². The minimum Gasteiger partial charge on any atom is -0.544 e. The molecule has 4 aromatic rings. The number of carbonyl (C=O) groups excluding carboxylic acids is 2. The van der Waals surface area contributed by atoms with E-state index in [9.17, 15) is 14.7 Å². The quantitative estimate of drug-likeness (QED) is 0.319. The zero-order valence-electron chi connectivity index (χ0n) is 21.3. The molecule has 2 fully saturated rings. The number of carbonyl (C=O) groups is 2. The predicted molar refractivity (Wildman–Crippen MR) is 147 cm³/mol. The van der Waals surface area contributed by atoms with Crippen LogP contribution in [0.4, 0.5) is 5.13 Å². The first-order chi connectivity index (χ1) is 18.3. The molecular formula is C28H23Cl2N4NaO3S. The number of fused-ring (bicyclic) bond motifs is 1. The van der Waals surface area contributed by atoms with Crippen LogP contribution in [-0.4, -0.2) is 41.0 Å². The minimum absolute atomic E-state index is 0. The molecule has 1 aliphatic carbocycles. The van der Waals surface area contributed by atoms with Crippen LogP contribution in [0.1, 0.15) is 37.1 Å². The summed E-state index contributed by atoms with van der Waals surface area (Å²) in [6.07, 6.45) is 0.410. The number of nitrogens with zero attached hydrogens (tertiary/aromatic N) is 2. The second-order valence-electron chi connectivity index (χ2n) is 9.78.